The van der Waals surface area contributed by atoms with E-state index >= 15 is 0 Å². The number of aromatic hydroxyl groups is 1. The van der Waals surface area contributed by atoms with Gasteiger partial charge in [-0.05, 0) is 41.5 Å². The number of aromatic amines is 1. The molecule has 1 aromatic carbocycles. The van der Waals surface area contributed by atoms with Crippen LogP contribution in [-0.2, 0) is 6.61 Å². The highest BCUT2D eigenvalue weighted by Gasteiger charge is 2.21. The number of methoxy groups -OCH3 is 1. The second-order valence-electron chi connectivity index (χ2n) is 5.77. The van der Waals surface area contributed by atoms with E-state index in [0.29, 0.717) is 23.7 Å². The summed E-state index contributed by atoms with van der Waals surface area (Å²) in [5, 5.41) is 20.3. The van der Waals surface area contributed by atoms with Crippen molar-refractivity contribution in [2.75, 3.05) is 7.11 Å². The Bertz CT molecular complexity index is 1110. The third kappa shape index (κ3) is 4.75. The number of benzene rings is 1. The van der Waals surface area contributed by atoms with Crippen molar-refractivity contribution >= 4 is 17.8 Å². The number of nitrogens with one attached hydrogen (secondary N) is 1. The van der Waals surface area contributed by atoms with Gasteiger partial charge >= 0.3 is 11.2 Å². The molecule has 0 aliphatic heterocycles. The van der Waals surface area contributed by atoms with Gasteiger partial charge in [0.15, 0.2) is 11.5 Å². The molecular formula is C19H16N4O6. The molecule has 0 aliphatic rings. The van der Waals surface area contributed by atoms with Gasteiger partial charge in [-0.15, -0.1) is 0 Å². The number of rotatable bonds is 7. The Balaban J connectivity index is 1.78. The lowest BCUT2D eigenvalue weighted by Crippen LogP contribution is -2.14. The normalized spacial score (nSPS) is 10.8. The van der Waals surface area contributed by atoms with Crippen LogP contribution in [0.15, 0.2) is 47.5 Å². The molecule has 10 heteroatoms. The summed E-state index contributed by atoms with van der Waals surface area (Å²) in [4.78, 5) is 31.2. The number of H-pyrrole nitrogens is 1. The van der Waals surface area contributed by atoms with Crippen LogP contribution in [-0.4, -0.2) is 32.1 Å². The van der Waals surface area contributed by atoms with E-state index in [4.69, 9.17) is 9.47 Å². The van der Waals surface area contributed by atoms with Gasteiger partial charge in [0.1, 0.15) is 12.4 Å². The third-order valence-corrected chi connectivity index (χ3v) is 3.84. The molecule has 0 amide bonds. The zero-order chi connectivity index (χ0) is 20.8. The summed E-state index contributed by atoms with van der Waals surface area (Å²) in [5.74, 6) is 0.0566. The number of aromatic nitrogens is 3. The molecule has 0 bridgehead atoms. The van der Waals surface area contributed by atoms with Gasteiger partial charge < -0.3 is 19.6 Å². The summed E-state index contributed by atoms with van der Waals surface area (Å²) in [6.07, 6.45) is 6.35. The van der Waals surface area contributed by atoms with Crippen LogP contribution >= 0.6 is 0 Å². The van der Waals surface area contributed by atoms with Crippen LogP contribution in [0.1, 0.15) is 17.0 Å². The molecule has 0 saturated carbocycles. The van der Waals surface area contributed by atoms with E-state index in [2.05, 4.69) is 15.0 Å². The second-order valence-corrected chi connectivity index (χ2v) is 5.77. The van der Waals surface area contributed by atoms with Crippen LogP contribution in [0.25, 0.3) is 12.2 Å². The Morgan fingerprint density at radius 2 is 1.97 bits per heavy atom. The first kappa shape index (κ1) is 19.5. The summed E-state index contributed by atoms with van der Waals surface area (Å²) in [6, 6.07) is 8.88. The van der Waals surface area contributed by atoms with Crippen molar-refractivity contribution in [1.29, 1.82) is 0 Å². The van der Waals surface area contributed by atoms with E-state index in [1.54, 1.807) is 36.7 Å². The van der Waals surface area contributed by atoms with Crippen LogP contribution in [0, 0.1) is 10.1 Å². The largest absolute Gasteiger partial charge is 0.493 e. The lowest BCUT2D eigenvalue weighted by atomic mass is 10.2. The maximum absolute atomic E-state index is 11.7. The fourth-order valence-corrected chi connectivity index (χ4v) is 2.44. The van der Waals surface area contributed by atoms with Crippen molar-refractivity contribution in [2.24, 2.45) is 0 Å². The van der Waals surface area contributed by atoms with Crippen LogP contribution in [0.4, 0.5) is 5.69 Å². The lowest BCUT2D eigenvalue weighted by Gasteiger charge is -2.11. The highest BCUT2D eigenvalue weighted by Crippen LogP contribution is 2.29. The molecule has 0 spiro atoms. The molecule has 2 aromatic heterocycles. The summed E-state index contributed by atoms with van der Waals surface area (Å²) in [7, 11) is 1.51. The van der Waals surface area contributed by atoms with Gasteiger partial charge in [-0.1, -0.05) is 12.1 Å². The molecule has 29 heavy (non-hydrogen) atoms. The highest BCUT2D eigenvalue weighted by atomic mass is 16.6. The Hall–Kier alpha value is -4.21. The number of nitrogens with zero attached hydrogens (tertiary/aromatic N) is 3. The Morgan fingerprint density at radius 1 is 1.21 bits per heavy atom. The molecule has 0 saturated heterocycles. The predicted octanol–water partition coefficient (Wildman–Crippen LogP) is 2.54. The summed E-state index contributed by atoms with van der Waals surface area (Å²) >= 11 is 0. The maximum atomic E-state index is 11.7. The van der Waals surface area contributed by atoms with Gasteiger partial charge in [-0.25, -0.2) is 0 Å². The Labute approximate surface area is 164 Å². The van der Waals surface area contributed by atoms with Gasteiger partial charge in [-0.3, -0.25) is 19.9 Å². The first-order chi connectivity index (χ1) is 14.0. The van der Waals surface area contributed by atoms with Crippen LogP contribution in [0.3, 0.4) is 0 Å². The molecule has 3 rings (SSSR count). The average Bonchev–Trinajstić information content (AvgIpc) is 2.71. The number of hydrogen-bond donors (Lipinski definition) is 2. The van der Waals surface area contributed by atoms with Gasteiger partial charge in [0, 0.05) is 12.4 Å². The van der Waals surface area contributed by atoms with E-state index < -0.39 is 22.0 Å². The Kier molecular flexibility index (Phi) is 5.83. The second kappa shape index (κ2) is 8.65. The summed E-state index contributed by atoms with van der Waals surface area (Å²) < 4.78 is 11.1. The molecule has 0 unspecified atom stereocenters. The number of hydrogen-bond acceptors (Lipinski definition) is 8. The zero-order valence-corrected chi connectivity index (χ0v) is 15.2. The zero-order valence-electron chi connectivity index (χ0n) is 15.2. The Morgan fingerprint density at radius 3 is 2.62 bits per heavy atom. The predicted molar refractivity (Wildman–Crippen MR) is 104 cm³/mol. The minimum absolute atomic E-state index is 0.0323. The van der Waals surface area contributed by atoms with E-state index in [9.17, 15) is 20.0 Å². The monoisotopic (exact) mass is 396 g/mol. The minimum Gasteiger partial charge on any atom is -0.493 e. The van der Waals surface area contributed by atoms with Crippen molar-refractivity contribution in [3.63, 3.8) is 0 Å². The van der Waals surface area contributed by atoms with Gasteiger partial charge in [0.05, 0.1) is 12.0 Å². The van der Waals surface area contributed by atoms with Crippen LogP contribution < -0.4 is 15.0 Å². The average molecular weight is 396 g/mol. The fraction of sp³-hybridized carbons (Fsp3) is 0.105. The fourth-order valence-electron chi connectivity index (χ4n) is 2.44. The van der Waals surface area contributed by atoms with E-state index in [1.165, 1.54) is 13.2 Å². The highest BCUT2D eigenvalue weighted by molar-refractivity contribution is 5.68. The van der Waals surface area contributed by atoms with E-state index in [0.717, 1.165) is 5.56 Å². The van der Waals surface area contributed by atoms with Gasteiger partial charge in [0.25, 0.3) is 5.88 Å². The molecule has 3 aromatic rings. The molecule has 2 N–H and O–H groups in total. The van der Waals surface area contributed by atoms with Crippen molar-refractivity contribution in [3.05, 3.63) is 80.1 Å². The first-order valence-corrected chi connectivity index (χ1v) is 8.33. The van der Waals surface area contributed by atoms with Gasteiger partial charge in [0.2, 0.25) is 0 Å². The summed E-state index contributed by atoms with van der Waals surface area (Å²) in [6.45, 7) is 0.349. The molecule has 148 valence electrons. The van der Waals surface area contributed by atoms with E-state index in [-0.39, 0.29) is 5.82 Å². The first-order valence-electron chi connectivity index (χ1n) is 8.33. The van der Waals surface area contributed by atoms with Crippen molar-refractivity contribution in [3.8, 4) is 17.4 Å². The smallest absolute Gasteiger partial charge is 0.395 e. The molecule has 10 nitrogen and oxygen atoms in total. The van der Waals surface area contributed by atoms with Crippen molar-refractivity contribution in [1.82, 2.24) is 15.0 Å². The van der Waals surface area contributed by atoms with Gasteiger partial charge in [-0.2, -0.15) is 4.98 Å². The van der Waals surface area contributed by atoms with Crippen molar-refractivity contribution in [2.45, 2.75) is 6.61 Å². The van der Waals surface area contributed by atoms with Crippen molar-refractivity contribution < 1.29 is 19.5 Å². The third-order valence-electron chi connectivity index (χ3n) is 3.84. The quantitative estimate of drug-likeness (QED) is 0.458. The molecule has 0 radical (unpaired) electrons. The number of ether oxygens (including phenoxy) is 2. The SMILES string of the molecule is COc1cc(C=Cc2nc(O)c([N+](=O)[O-])c(=O)[nH]2)ccc1OCc1ccncc1. The molecule has 0 atom stereocenters. The van der Waals surface area contributed by atoms with Crippen LogP contribution in [0.5, 0.6) is 17.4 Å². The molecule has 0 fully saturated rings. The summed E-state index contributed by atoms with van der Waals surface area (Å²) in [5.41, 5.74) is -0.392. The topological polar surface area (TPSA) is 140 Å². The number of nitro groups is 1. The van der Waals surface area contributed by atoms with Crippen LogP contribution in [0.2, 0.25) is 0 Å². The lowest BCUT2D eigenvalue weighted by molar-refractivity contribution is -0.387. The number of pyridine rings is 1. The minimum atomic E-state index is -1.04. The van der Waals surface area contributed by atoms with E-state index in [1.807, 2.05) is 12.1 Å². The molecule has 2 heterocycles. The maximum Gasteiger partial charge on any atom is 0.395 e. The standard InChI is InChI=1S/C19H16N4O6/c1-28-15-10-12(2-4-14(15)29-11-13-6-8-20-9-7-13)3-5-16-21-18(24)17(23(26)27)19(25)22-16/h2-10H,11H2,1H3,(H2,21,22,24,25). The molecular weight excluding hydrogens is 380 g/mol. The molecule has 0 aliphatic carbocycles.